The minimum absolute atomic E-state index is 0. The van der Waals surface area contributed by atoms with E-state index in [1.54, 1.807) is 0 Å². The van der Waals surface area contributed by atoms with Crippen LogP contribution in [0.4, 0.5) is 0 Å². The third-order valence-electron chi connectivity index (χ3n) is 4.56. The molecule has 25 heavy (non-hydrogen) atoms. The Morgan fingerprint density at radius 3 is 2.80 bits per heavy atom. The van der Waals surface area contributed by atoms with Crippen molar-refractivity contribution >= 4 is 40.8 Å². The second-order valence-corrected chi connectivity index (χ2v) is 6.99. The number of nitrogens with zero attached hydrogens (tertiary/aromatic N) is 1. The second kappa shape index (κ2) is 8.89. The summed E-state index contributed by atoms with van der Waals surface area (Å²) in [6.45, 7) is 10.6. The van der Waals surface area contributed by atoms with Crippen LogP contribution in [0.15, 0.2) is 29.4 Å². The third-order valence-corrected chi connectivity index (χ3v) is 4.56. The molecule has 1 aromatic heterocycles. The minimum Gasteiger partial charge on any atom is -0.380 e. The van der Waals surface area contributed by atoms with Gasteiger partial charge in [0.15, 0.2) is 5.96 Å². The van der Waals surface area contributed by atoms with Crippen LogP contribution < -0.4 is 10.6 Å². The zero-order valence-corrected chi connectivity index (χ0v) is 17.6. The number of guanidine groups is 1. The molecule has 0 unspecified atom stereocenters. The lowest BCUT2D eigenvalue weighted by molar-refractivity contribution is -0.0945. The van der Waals surface area contributed by atoms with Crippen LogP contribution in [0.1, 0.15) is 25.0 Å². The first kappa shape index (κ1) is 20.0. The maximum absolute atomic E-state index is 5.30. The molecular formula is C19H29IN4O. The molecule has 138 valence electrons. The average Bonchev–Trinajstić information content (AvgIpc) is 2.95. The van der Waals surface area contributed by atoms with Crippen LogP contribution in [0.25, 0.3) is 10.9 Å². The summed E-state index contributed by atoms with van der Waals surface area (Å²) in [6.07, 6.45) is 3.09. The van der Waals surface area contributed by atoms with E-state index < -0.39 is 0 Å². The highest BCUT2D eigenvalue weighted by molar-refractivity contribution is 14.0. The van der Waals surface area contributed by atoms with Crippen molar-refractivity contribution in [3.8, 4) is 0 Å². The molecule has 1 saturated heterocycles. The van der Waals surface area contributed by atoms with E-state index in [9.17, 15) is 0 Å². The van der Waals surface area contributed by atoms with Gasteiger partial charge < -0.3 is 20.4 Å². The predicted octanol–water partition coefficient (Wildman–Crippen LogP) is 3.23. The molecule has 3 N–H and O–H groups in total. The lowest BCUT2D eigenvalue weighted by Gasteiger charge is -2.36. The minimum atomic E-state index is 0. The van der Waals surface area contributed by atoms with Crippen LogP contribution in [0.3, 0.4) is 0 Å². The van der Waals surface area contributed by atoms with Crippen LogP contribution in [0.5, 0.6) is 0 Å². The average molecular weight is 456 g/mol. The van der Waals surface area contributed by atoms with Gasteiger partial charge in [0.25, 0.3) is 0 Å². The molecule has 6 heteroatoms. The molecule has 0 radical (unpaired) electrons. The number of aryl methyl sites for hydroxylation is 1. The van der Waals surface area contributed by atoms with Crippen LogP contribution in [0, 0.1) is 12.3 Å². The predicted molar refractivity (Wildman–Crippen MR) is 115 cm³/mol. The summed E-state index contributed by atoms with van der Waals surface area (Å²) in [5, 5.41) is 8.08. The number of para-hydroxylation sites is 1. The van der Waals surface area contributed by atoms with Crippen molar-refractivity contribution in [3.05, 3.63) is 35.5 Å². The van der Waals surface area contributed by atoms with Crippen molar-refractivity contribution in [3.63, 3.8) is 0 Å². The summed E-state index contributed by atoms with van der Waals surface area (Å²) in [5.41, 5.74) is 4.08. The highest BCUT2D eigenvalue weighted by Crippen LogP contribution is 2.26. The van der Waals surface area contributed by atoms with Gasteiger partial charge in [-0.05, 0) is 31.4 Å². The van der Waals surface area contributed by atoms with Crippen LogP contribution in [-0.4, -0.2) is 43.8 Å². The molecule has 1 aromatic carbocycles. The van der Waals surface area contributed by atoms with Crippen molar-refractivity contribution in [2.45, 2.75) is 27.2 Å². The summed E-state index contributed by atoms with van der Waals surface area (Å²) >= 11 is 0. The van der Waals surface area contributed by atoms with Crippen LogP contribution >= 0.6 is 24.0 Å². The van der Waals surface area contributed by atoms with Crippen molar-refractivity contribution in [2.24, 2.45) is 10.4 Å². The fourth-order valence-electron chi connectivity index (χ4n) is 3.04. The van der Waals surface area contributed by atoms with E-state index in [4.69, 9.17) is 9.73 Å². The molecule has 0 amide bonds. The van der Waals surface area contributed by atoms with Crippen molar-refractivity contribution in [2.75, 3.05) is 32.8 Å². The molecule has 5 nitrogen and oxygen atoms in total. The molecule has 0 bridgehead atoms. The Hall–Kier alpha value is -1.28. The molecule has 1 fully saturated rings. The van der Waals surface area contributed by atoms with Gasteiger partial charge in [-0.15, -0.1) is 24.0 Å². The van der Waals surface area contributed by atoms with Gasteiger partial charge in [0.1, 0.15) is 0 Å². The molecule has 0 saturated carbocycles. The van der Waals surface area contributed by atoms with Crippen LogP contribution in [0.2, 0.25) is 0 Å². The highest BCUT2D eigenvalue weighted by Gasteiger charge is 2.33. The third kappa shape index (κ3) is 4.88. The Morgan fingerprint density at radius 2 is 2.12 bits per heavy atom. The fraction of sp³-hybridized carbons (Fsp3) is 0.526. The molecule has 2 aromatic rings. The van der Waals surface area contributed by atoms with Crippen molar-refractivity contribution in [1.82, 2.24) is 15.6 Å². The van der Waals surface area contributed by atoms with Crippen LogP contribution in [-0.2, 0) is 11.2 Å². The van der Waals surface area contributed by atoms with E-state index in [0.717, 1.165) is 45.2 Å². The maximum Gasteiger partial charge on any atom is 0.191 e. The lowest BCUT2D eigenvalue weighted by atomic mass is 9.89. The Kier molecular flexibility index (Phi) is 7.13. The summed E-state index contributed by atoms with van der Waals surface area (Å²) in [6, 6.07) is 6.45. The van der Waals surface area contributed by atoms with Gasteiger partial charge in [0.05, 0.1) is 19.8 Å². The number of halogens is 1. The van der Waals surface area contributed by atoms with Gasteiger partial charge in [-0.25, -0.2) is 0 Å². The zero-order chi connectivity index (χ0) is 17.0. The lowest BCUT2D eigenvalue weighted by Crippen LogP contribution is -2.44. The summed E-state index contributed by atoms with van der Waals surface area (Å²) in [4.78, 5) is 8.10. The molecule has 0 atom stereocenters. The Morgan fingerprint density at radius 1 is 1.32 bits per heavy atom. The number of nitrogens with one attached hydrogen (secondary N) is 3. The SMILES string of the molecule is CCNC(=NCC1(C)COC1)NCCc1c[nH]c2c(C)cccc12.I. The maximum atomic E-state index is 5.30. The zero-order valence-electron chi connectivity index (χ0n) is 15.3. The number of hydrogen-bond acceptors (Lipinski definition) is 2. The number of benzene rings is 1. The number of H-pyrrole nitrogens is 1. The molecule has 3 rings (SSSR count). The van der Waals surface area contributed by atoms with Gasteiger partial charge in [0.2, 0.25) is 0 Å². The number of aromatic amines is 1. The second-order valence-electron chi connectivity index (χ2n) is 6.99. The fourth-order valence-corrected chi connectivity index (χ4v) is 3.04. The summed E-state index contributed by atoms with van der Waals surface area (Å²) in [7, 11) is 0. The number of ether oxygens (including phenoxy) is 1. The molecule has 1 aliphatic rings. The standard InChI is InChI=1S/C19H28N4O.HI/c1-4-20-18(23-11-19(3)12-24-13-19)21-9-8-15-10-22-17-14(2)6-5-7-16(15)17;/h5-7,10,22H,4,8-9,11-13H2,1-3H3,(H2,20,21,23);1H. The van der Waals surface area contributed by atoms with E-state index in [-0.39, 0.29) is 29.4 Å². The van der Waals surface area contributed by atoms with E-state index in [1.165, 1.54) is 22.0 Å². The van der Waals surface area contributed by atoms with Crippen molar-refractivity contribution in [1.29, 1.82) is 0 Å². The Bertz CT molecular complexity index is 721. The van der Waals surface area contributed by atoms with E-state index in [0.29, 0.717) is 0 Å². The topological polar surface area (TPSA) is 61.4 Å². The number of fused-ring (bicyclic) bond motifs is 1. The Labute approximate surface area is 167 Å². The van der Waals surface area contributed by atoms with Crippen molar-refractivity contribution < 1.29 is 4.74 Å². The Balaban J connectivity index is 0.00000225. The first-order valence-corrected chi connectivity index (χ1v) is 8.77. The molecular weight excluding hydrogens is 427 g/mol. The largest absolute Gasteiger partial charge is 0.380 e. The quantitative estimate of drug-likeness (QED) is 0.356. The van der Waals surface area contributed by atoms with Gasteiger partial charge in [0, 0.05) is 35.6 Å². The molecule has 2 heterocycles. The van der Waals surface area contributed by atoms with Gasteiger partial charge in [-0.1, -0.05) is 25.1 Å². The molecule has 1 aliphatic heterocycles. The number of hydrogen-bond donors (Lipinski definition) is 3. The number of rotatable bonds is 6. The van der Waals surface area contributed by atoms with E-state index >= 15 is 0 Å². The monoisotopic (exact) mass is 456 g/mol. The van der Waals surface area contributed by atoms with Gasteiger partial charge in [-0.2, -0.15) is 0 Å². The highest BCUT2D eigenvalue weighted by atomic mass is 127. The van der Waals surface area contributed by atoms with E-state index in [2.05, 4.69) is 60.8 Å². The van der Waals surface area contributed by atoms with E-state index in [1.807, 2.05) is 0 Å². The van der Waals surface area contributed by atoms with Gasteiger partial charge >= 0.3 is 0 Å². The normalized spacial score (nSPS) is 16.2. The summed E-state index contributed by atoms with van der Waals surface area (Å²) < 4.78 is 5.30. The molecule has 0 aliphatic carbocycles. The first-order valence-electron chi connectivity index (χ1n) is 8.77. The molecule has 0 spiro atoms. The van der Waals surface area contributed by atoms with Gasteiger partial charge in [-0.3, -0.25) is 4.99 Å². The first-order chi connectivity index (χ1) is 11.6. The summed E-state index contributed by atoms with van der Waals surface area (Å²) in [5.74, 6) is 0.890. The number of aliphatic imine (C=N–C) groups is 1. The number of aromatic nitrogens is 1. The smallest absolute Gasteiger partial charge is 0.191 e.